The van der Waals surface area contributed by atoms with Gasteiger partial charge in [0.1, 0.15) is 0 Å². The Kier molecular flexibility index (Phi) is 2.90. The Morgan fingerprint density at radius 1 is 1.29 bits per heavy atom. The van der Waals surface area contributed by atoms with Gasteiger partial charge in [0.25, 0.3) is 5.56 Å². The van der Waals surface area contributed by atoms with Crippen LogP contribution >= 0.6 is 0 Å². The van der Waals surface area contributed by atoms with Gasteiger partial charge in [-0.25, -0.2) is 4.68 Å². The normalized spacial score (nSPS) is 10.8. The van der Waals surface area contributed by atoms with E-state index < -0.39 is 0 Å². The highest BCUT2D eigenvalue weighted by Gasteiger charge is 2.12. The number of rotatable bonds is 2. The van der Waals surface area contributed by atoms with Crippen LogP contribution in [0.5, 0.6) is 0 Å². The van der Waals surface area contributed by atoms with Gasteiger partial charge in [-0.1, -0.05) is 12.1 Å². The molecule has 17 heavy (non-hydrogen) atoms. The maximum Gasteiger partial charge on any atom is 0.275 e. The van der Waals surface area contributed by atoms with Crippen LogP contribution in [-0.4, -0.2) is 9.78 Å². The van der Waals surface area contributed by atoms with Gasteiger partial charge < -0.3 is 5.73 Å². The van der Waals surface area contributed by atoms with Crippen molar-refractivity contribution >= 4 is 0 Å². The molecule has 1 aromatic heterocycles. The minimum Gasteiger partial charge on any atom is -0.326 e. The molecule has 0 amide bonds. The van der Waals surface area contributed by atoms with E-state index in [1.165, 1.54) is 0 Å². The van der Waals surface area contributed by atoms with E-state index >= 15 is 0 Å². The van der Waals surface area contributed by atoms with Crippen LogP contribution in [0.2, 0.25) is 0 Å². The number of hydrogen-bond acceptors (Lipinski definition) is 2. The van der Waals surface area contributed by atoms with Gasteiger partial charge in [0.05, 0.1) is 11.3 Å². The van der Waals surface area contributed by atoms with Crippen molar-refractivity contribution in [2.75, 3.05) is 0 Å². The van der Waals surface area contributed by atoms with Crippen LogP contribution in [0.1, 0.15) is 22.4 Å². The summed E-state index contributed by atoms with van der Waals surface area (Å²) in [5.74, 6) is 0. The fourth-order valence-corrected chi connectivity index (χ4v) is 1.97. The first-order valence-electron chi connectivity index (χ1n) is 5.63. The summed E-state index contributed by atoms with van der Waals surface area (Å²) in [6, 6.07) is 5.91. The molecule has 90 valence electrons. The molecule has 1 aromatic carbocycles. The Hall–Kier alpha value is -1.81. The second-order valence-corrected chi connectivity index (χ2v) is 4.28. The maximum absolute atomic E-state index is 12.1. The summed E-state index contributed by atoms with van der Waals surface area (Å²) in [7, 11) is 0. The molecule has 0 fully saturated rings. The molecular weight excluding hydrogens is 214 g/mol. The molecule has 0 atom stereocenters. The first-order chi connectivity index (χ1) is 8.06. The molecule has 0 saturated carbocycles. The molecule has 2 aromatic rings. The summed E-state index contributed by atoms with van der Waals surface area (Å²) < 4.78 is 1.57. The monoisotopic (exact) mass is 231 g/mol. The number of aryl methyl sites for hydroxylation is 2. The lowest BCUT2D eigenvalue weighted by Crippen LogP contribution is -2.20. The zero-order chi connectivity index (χ0) is 12.6. The van der Waals surface area contributed by atoms with Crippen LogP contribution in [-0.2, 0) is 6.54 Å². The lowest BCUT2D eigenvalue weighted by atomic mass is 10.1. The molecule has 4 heteroatoms. The predicted molar refractivity (Wildman–Crippen MR) is 68.5 cm³/mol. The Balaban J connectivity index is 2.70. The molecule has 2 rings (SSSR count). The maximum atomic E-state index is 12.1. The molecule has 0 spiro atoms. The van der Waals surface area contributed by atoms with Crippen molar-refractivity contribution in [3.8, 4) is 5.69 Å². The highest BCUT2D eigenvalue weighted by atomic mass is 16.1. The van der Waals surface area contributed by atoms with Crippen molar-refractivity contribution in [3.63, 3.8) is 0 Å². The highest BCUT2D eigenvalue weighted by molar-refractivity contribution is 5.44. The standard InChI is InChI=1S/C13H17N3O/c1-8-5-4-6-12(9(8)2)16-13(17)11(7-14)10(3)15-16/h4-6,15H,7,14H2,1-3H3. The summed E-state index contributed by atoms with van der Waals surface area (Å²) in [6.45, 7) is 6.17. The summed E-state index contributed by atoms with van der Waals surface area (Å²) in [6.07, 6.45) is 0. The first kappa shape index (κ1) is 11.7. The zero-order valence-electron chi connectivity index (χ0n) is 10.4. The number of nitrogens with one attached hydrogen (secondary N) is 1. The third-order valence-electron chi connectivity index (χ3n) is 3.21. The topological polar surface area (TPSA) is 63.8 Å². The van der Waals surface area contributed by atoms with Crippen LogP contribution in [0.4, 0.5) is 0 Å². The number of aromatic nitrogens is 2. The molecule has 0 aliphatic rings. The number of H-pyrrole nitrogens is 1. The molecule has 4 nitrogen and oxygen atoms in total. The van der Waals surface area contributed by atoms with E-state index in [0.717, 1.165) is 22.5 Å². The number of hydrogen-bond donors (Lipinski definition) is 2. The molecule has 3 N–H and O–H groups in total. The van der Waals surface area contributed by atoms with Crippen LogP contribution < -0.4 is 11.3 Å². The lowest BCUT2D eigenvalue weighted by Gasteiger charge is -2.08. The van der Waals surface area contributed by atoms with Gasteiger partial charge in [0.2, 0.25) is 0 Å². The van der Waals surface area contributed by atoms with Gasteiger partial charge in [-0.05, 0) is 38.0 Å². The van der Waals surface area contributed by atoms with Crippen LogP contribution in [0.3, 0.4) is 0 Å². The second kappa shape index (κ2) is 4.22. The highest BCUT2D eigenvalue weighted by Crippen LogP contribution is 2.16. The Morgan fingerprint density at radius 2 is 2.00 bits per heavy atom. The van der Waals surface area contributed by atoms with E-state index in [4.69, 9.17) is 5.73 Å². The number of nitrogens with zero attached hydrogens (tertiary/aromatic N) is 1. The van der Waals surface area contributed by atoms with E-state index in [2.05, 4.69) is 5.10 Å². The largest absolute Gasteiger partial charge is 0.326 e. The smallest absolute Gasteiger partial charge is 0.275 e. The fraction of sp³-hybridized carbons (Fsp3) is 0.308. The molecule has 0 bridgehead atoms. The fourth-order valence-electron chi connectivity index (χ4n) is 1.97. The van der Waals surface area contributed by atoms with Crippen LogP contribution in [0.25, 0.3) is 5.69 Å². The lowest BCUT2D eigenvalue weighted by molar-refractivity contribution is 0.826. The molecule has 0 saturated heterocycles. The minimum atomic E-state index is -0.0568. The van der Waals surface area contributed by atoms with Crippen molar-refractivity contribution in [1.29, 1.82) is 0 Å². The van der Waals surface area contributed by atoms with Crippen molar-refractivity contribution in [1.82, 2.24) is 9.78 Å². The third-order valence-corrected chi connectivity index (χ3v) is 3.21. The first-order valence-corrected chi connectivity index (χ1v) is 5.63. The van der Waals surface area contributed by atoms with Crippen LogP contribution in [0.15, 0.2) is 23.0 Å². The number of aromatic amines is 1. The van der Waals surface area contributed by atoms with Gasteiger partial charge in [-0.2, -0.15) is 0 Å². The van der Waals surface area contributed by atoms with Crippen LogP contribution in [0, 0.1) is 20.8 Å². The Labute approximate surface area is 100 Å². The summed E-state index contributed by atoms with van der Waals surface area (Å²) in [4.78, 5) is 12.1. The van der Waals surface area contributed by atoms with Gasteiger partial charge in [0.15, 0.2) is 0 Å². The van der Waals surface area contributed by atoms with Crippen molar-refractivity contribution in [2.24, 2.45) is 5.73 Å². The summed E-state index contributed by atoms with van der Waals surface area (Å²) in [5.41, 5.74) is 10.1. The molecule has 0 unspecified atom stereocenters. The Bertz CT molecular complexity index is 608. The van der Waals surface area contributed by atoms with Crippen molar-refractivity contribution < 1.29 is 0 Å². The quantitative estimate of drug-likeness (QED) is 0.823. The molecule has 0 aliphatic heterocycles. The minimum absolute atomic E-state index is 0.0568. The van der Waals surface area contributed by atoms with Crippen molar-refractivity contribution in [2.45, 2.75) is 27.3 Å². The van der Waals surface area contributed by atoms with E-state index in [1.54, 1.807) is 4.68 Å². The number of benzene rings is 1. The van der Waals surface area contributed by atoms with Gasteiger partial charge in [-0.3, -0.25) is 9.89 Å². The van der Waals surface area contributed by atoms with E-state index in [0.29, 0.717) is 5.56 Å². The van der Waals surface area contributed by atoms with E-state index in [1.807, 2.05) is 39.0 Å². The molecular formula is C13H17N3O. The number of nitrogens with two attached hydrogens (primary N) is 1. The van der Waals surface area contributed by atoms with Gasteiger partial charge >= 0.3 is 0 Å². The van der Waals surface area contributed by atoms with Crippen molar-refractivity contribution in [3.05, 3.63) is 50.9 Å². The average molecular weight is 231 g/mol. The van der Waals surface area contributed by atoms with Gasteiger partial charge in [0, 0.05) is 12.2 Å². The van der Waals surface area contributed by atoms with E-state index in [9.17, 15) is 4.79 Å². The Morgan fingerprint density at radius 3 is 2.59 bits per heavy atom. The summed E-state index contributed by atoms with van der Waals surface area (Å²) in [5, 5.41) is 3.07. The molecule has 1 heterocycles. The zero-order valence-corrected chi connectivity index (χ0v) is 10.4. The molecule has 0 aliphatic carbocycles. The molecule has 0 radical (unpaired) electrons. The summed E-state index contributed by atoms with van der Waals surface area (Å²) >= 11 is 0. The van der Waals surface area contributed by atoms with E-state index in [-0.39, 0.29) is 12.1 Å². The third kappa shape index (κ3) is 1.80. The predicted octanol–water partition coefficient (Wildman–Crippen LogP) is 1.55. The van der Waals surface area contributed by atoms with Gasteiger partial charge in [-0.15, -0.1) is 0 Å². The SMILES string of the molecule is Cc1cccc(-n2[nH]c(C)c(CN)c2=O)c1C. The average Bonchev–Trinajstić information content (AvgIpc) is 2.58. The second-order valence-electron chi connectivity index (χ2n) is 4.28.